The Kier molecular flexibility index (Phi) is 7.54. The number of hydrogen-bond acceptors (Lipinski definition) is 4. The van der Waals surface area contributed by atoms with Crippen molar-refractivity contribution in [1.29, 1.82) is 0 Å². The highest BCUT2D eigenvalue weighted by molar-refractivity contribution is 6.35. The zero-order chi connectivity index (χ0) is 15.0. The molecule has 0 aromatic heterocycles. The van der Waals surface area contributed by atoms with Crippen LogP contribution >= 0.6 is 0 Å². The highest BCUT2D eigenvalue weighted by Gasteiger charge is 2.27. The van der Waals surface area contributed by atoms with Gasteiger partial charge in [0.25, 0.3) is 0 Å². The van der Waals surface area contributed by atoms with E-state index in [1.54, 1.807) is 11.9 Å². The fourth-order valence-electron chi connectivity index (χ4n) is 2.30. The van der Waals surface area contributed by atoms with E-state index in [0.717, 1.165) is 32.4 Å². The Labute approximate surface area is 121 Å². The minimum Gasteiger partial charge on any atom is -0.382 e. The van der Waals surface area contributed by atoms with Gasteiger partial charge in [-0.3, -0.25) is 9.59 Å². The van der Waals surface area contributed by atoms with Gasteiger partial charge in [0.15, 0.2) is 0 Å². The molecule has 0 saturated carbocycles. The SMILES string of the molecule is CCOCCCNC(=O)C(=O)N(C)C1CCN(C)CC1. The number of rotatable bonds is 6. The van der Waals surface area contributed by atoms with Gasteiger partial charge in [-0.1, -0.05) is 0 Å². The molecule has 1 aliphatic heterocycles. The van der Waals surface area contributed by atoms with Crippen LogP contribution in [0, 0.1) is 0 Å². The number of carbonyl (C=O) groups is 2. The van der Waals surface area contributed by atoms with Crippen LogP contribution in [0.4, 0.5) is 0 Å². The molecule has 0 aromatic rings. The minimum absolute atomic E-state index is 0.174. The maximum absolute atomic E-state index is 12.0. The Hall–Kier alpha value is -1.14. The Morgan fingerprint density at radius 2 is 2.00 bits per heavy atom. The van der Waals surface area contributed by atoms with E-state index in [2.05, 4.69) is 17.3 Å². The quantitative estimate of drug-likeness (QED) is 0.555. The van der Waals surface area contributed by atoms with Crippen LogP contribution in [0.3, 0.4) is 0 Å². The van der Waals surface area contributed by atoms with Crippen LogP contribution in [-0.2, 0) is 14.3 Å². The van der Waals surface area contributed by atoms with E-state index in [9.17, 15) is 9.59 Å². The summed E-state index contributed by atoms with van der Waals surface area (Å²) in [5.74, 6) is -0.945. The van der Waals surface area contributed by atoms with Gasteiger partial charge in [0.2, 0.25) is 0 Å². The zero-order valence-electron chi connectivity index (χ0n) is 12.9. The maximum atomic E-state index is 12.0. The van der Waals surface area contributed by atoms with Crippen molar-refractivity contribution in [2.75, 3.05) is 46.9 Å². The number of amides is 2. The molecule has 0 unspecified atom stereocenters. The molecule has 116 valence electrons. The second-order valence-electron chi connectivity index (χ2n) is 5.26. The lowest BCUT2D eigenvalue weighted by molar-refractivity contribution is -0.146. The van der Waals surface area contributed by atoms with Gasteiger partial charge in [-0.15, -0.1) is 0 Å². The molecule has 0 aliphatic carbocycles. The van der Waals surface area contributed by atoms with Crippen molar-refractivity contribution in [1.82, 2.24) is 15.1 Å². The van der Waals surface area contributed by atoms with Crippen molar-refractivity contribution >= 4 is 11.8 Å². The molecule has 0 radical (unpaired) electrons. The second kappa shape index (κ2) is 8.92. The monoisotopic (exact) mass is 285 g/mol. The van der Waals surface area contributed by atoms with Gasteiger partial charge >= 0.3 is 11.8 Å². The van der Waals surface area contributed by atoms with Crippen molar-refractivity contribution < 1.29 is 14.3 Å². The van der Waals surface area contributed by atoms with Crippen LogP contribution in [0.2, 0.25) is 0 Å². The third-order valence-electron chi connectivity index (χ3n) is 3.71. The molecule has 1 fully saturated rings. The summed E-state index contributed by atoms with van der Waals surface area (Å²) in [7, 11) is 3.79. The summed E-state index contributed by atoms with van der Waals surface area (Å²) in [6.07, 6.45) is 2.58. The lowest BCUT2D eigenvalue weighted by Crippen LogP contribution is -2.49. The molecule has 1 rings (SSSR count). The van der Waals surface area contributed by atoms with E-state index in [-0.39, 0.29) is 6.04 Å². The first-order valence-corrected chi connectivity index (χ1v) is 7.37. The summed E-state index contributed by atoms with van der Waals surface area (Å²) in [6, 6.07) is 0.174. The smallest absolute Gasteiger partial charge is 0.311 e. The average molecular weight is 285 g/mol. The van der Waals surface area contributed by atoms with Crippen LogP contribution < -0.4 is 5.32 Å². The minimum atomic E-state index is -0.511. The lowest BCUT2D eigenvalue weighted by atomic mass is 10.0. The maximum Gasteiger partial charge on any atom is 0.311 e. The molecule has 0 aromatic carbocycles. The predicted molar refractivity (Wildman–Crippen MR) is 77.4 cm³/mol. The molecule has 0 atom stereocenters. The van der Waals surface area contributed by atoms with Crippen molar-refractivity contribution in [3.05, 3.63) is 0 Å². The summed E-state index contributed by atoms with van der Waals surface area (Å²) in [6.45, 7) is 5.63. The standard InChI is InChI=1S/C14H27N3O3/c1-4-20-11-5-8-15-13(18)14(19)17(3)12-6-9-16(2)10-7-12/h12H,4-11H2,1-3H3,(H,15,18). The fraction of sp³-hybridized carbons (Fsp3) is 0.857. The highest BCUT2D eigenvalue weighted by atomic mass is 16.5. The van der Waals surface area contributed by atoms with Crippen molar-refractivity contribution in [2.24, 2.45) is 0 Å². The van der Waals surface area contributed by atoms with Crippen LogP contribution in [0.5, 0.6) is 0 Å². The Morgan fingerprint density at radius 1 is 1.35 bits per heavy atom. The lowest BCUT2D eigenvalue weighted by Gasteiger charge is -2.34. The van der Waals surface area contributed by atoms with Crippen molar-refractivity contribution in [3.8, 4) is 0 Å². The van der Waals surface area contributed by atoms with Gasteiger partial charge < -0.3 is 19.9 Å². The topological polar surface area (TPSA) is 61.9 Å². The zero-order valence-corrected chi connectivity index (χ0v) is 12.9. The number of carbonyl (C=O) groups excluding carboxylic acids is 2. The normalized spacial score (nSPS) is 16.9. The number of ether oxygens (including phenoxy) is 1. The van der Waals surface area contributed by atoms with Gasteiger partial charge in [0.1, 0.15) is 0 Å². The summed E-state index contributed by atoms with van der Waals surface area (Å²) in [4.78, 5) is 27.6. The molecular formula is C14H27N3O3. The van der Waals surface area contributed by atoms with E-state index >= 15 is 0 Å². The second-order valence-corrected chi connectivity index (χ2v) is 5.26. The van der Waals surface area contributed by atoms with Gasteiger partial charge in [0.05, 0.1) is 0 Å². The number of nitrogens with one attached hydrogen (secondary N) is 1. The van der Waals surface area contributed by atoms with Gasteiger partial charge in [0, 0.05) is 32.8 Å². The van der Waals surface area contributed by atoms with E-state index in [0.29, 0.717) is 19.8 Å². The molecule has 20 heavy (non-hydrogen) atoms. The van der Waals surface area contributed by atoms with E-state index < -0.39 is 11.8 Å². The molecular weight excluding hydrogens is 258 g/mol. The molecule has 2 amide bonds. The van der Waals surface area contributed by atoms with Crippen LogP contribution in [-0.4, -0.2) is 74.6 Å². The van der Waals surface area contributed by atoms with Crippen LogP contribution in [0.15, 0.2) is 0 Å². The number of likely N-dealkylation sites (tertiary alicyclic amines) is 1. The first-order chi connectivity index (χ1) is 9.56. The summed E-state index contributed by atoms with van der Waals surface area (Å²) >= 11 is 0. The Balaban J connectivity index is 2.27. The number of hydrogen-bond donors (Lipinski definition) is 1. The number of likely N-dealkylation sites (N-methyl/N-ethyl adjacent to an activating group) is 1. The van der Waals surface area contributed by atoms with Gasteiger partial charge in [-0.05, 0) is 46.3 Å². The molecule has 1 saturated heterocycles. The number of piperidine rings is 1. The van der Waals surface area contributed by atoms with Gasteiger partial charge in [-0.25, -0.2) is 0 Å². The molecule has 1 N–H and O–H groups in total. The van der Waals surface area contributed by atoms with Crippen LogP contribution in [0.25, 0.3) is 0 Å². The third kappa shape index (κ3) is 5.46. The molecule has 0 bridgehead atoms. The Morgan fingerprint density at radius 3 is 2.60 bits per heavy atom. The molecule has 6 nitrogen and oxygen atoms in total. The summed E-state index contributed by atoms with van der Waals surface area (Å²) in [5.41, 5.74) is 0. The van der Waals surface area contributed by atoms with E-state index in [1.165, 1.54) is 0 Å². The molecule has 6 heteroatoms. The third-order valence-corrected chi connectivity index (χ3v) is 3.71. The summed E-state index contributed by atoms with van der Waals surface area (Å²) in [5, 5.41) is 2.65. The molecule has 1 heterocycles. The Bertz CT molecular complexity index is 315. The largest absolute Gasteiger partial charge is 0.382 e. The highest BCUT2D eigenvalue weighted by Crippen LogP contribution is 2.14. The van der Waals surface area contributed by atoms with E-state index in [4.69, 9.17) is 4.74 Å². The average Bonchev–Trinajstić information content (AvgIpc) is 2.46. The predicted octanol–water partition coefficient (Wildman–Crippen LogP) is 0.0818. The molecule has 0 spiro atoms. The summed E-state index contributed by atoms with van der Waals surface area (Å²) < 4.78 is 5.18. The first-order valence-electron chi connectivity index (χ1n) is 7.37. The number of nitrogens with zero attached hydrogens (tertiary/aromatic N) is 2. The fourth-order valence-corrected chi connectivity index (χ4v) is 2.30. The van der Waals surface area contributed by atoms with Crippen LogP contribution in [0.1, 0.15) is 26.2 Å². The van der Waals surface area contributed by atoms with E-state index in [1.807, 2.05) is 6.92 Å². The van der Waals surface area contributed by atoms with Crippen molar-refractivity contribution in [3.63, 3.8) is 0 Å². The van der Waals surface area contributed by atoms with Crippen molar-refractivity contribution in [2.45, 2.75) is 32.2 Å². The molecule has 1 aliphatic rings. The first kappa shape index (κ1) is 16.9. The van der Waals surface area contributed by atoms with Gasteiger partial charge in [-0.2, -0.15) is 0 Å².